The number of nitrogen functional groups attached to an aromatic ring is 1. The highest BCUT2D eigenvalue weighted by molar-refractivity contribution is 5.91. The summed E-state index contributed by atoms with van der Waals surface area (Å²) in [6.07, 6.45) is 8.27. The van der Waals surface area contributed by atoms with Crippen LogP contribution in [0.1, 0.15) is 19.3 Å². The maximum atomic E-state index is 12.8. The van der Waals surface area contributed by atoms with Crippen molar-refractivity contribution in [3.8, 4) is 11.3 Å². The molecule has 5 rings (SSSR count). The lowest BCUT2D eigenvalue weighted by Gasteiger charge is -2.27. The molecule has 2 aliphatic heterocycles. The van der Waals surface area contributed by atoms with Crippen LogP contribution in [0.15, 0.2) is 18.6 Å². The summed E-state index contributed by atoms with van der Waals surface area (Å²) in [7, 11) is 0. The summed E-state index contributed by atoms with van der Waals surface area (Å²) in [6.45, 7) is 4.40. The van der Waals surface area contributed by atoms with Gasteiger partial charge in [0.15, 0.2) is 5.65 Å². The molecule has 162 valence electrons. The molecule has 1 amide bonds. The molecule has 0 radical (unpaired) electrons. The molecule has 0 atom stereocenters. The van der Waals surface area contributed by atoms with Gasteiger partial charge in [0.1, 0.15) is 6.54 Å². The minimum atomic E-state index is 0.0635. The SMILES string of the molecule is Nc1ncc(-c2nc(N3CCOCC3)nc3c2cnn3CC(=O)N2CCCCC2)cn1. The molecule has 5 heterocycles. The Labute approximate surface area is 179 Å². The number of hydrogen-bond acceptors (Lipinski definition) is 9. The molecular formula is C20H25N9O2. The van der Waals surface area contributed by atoms with Gasteiger partial charge in [-0.1, -0.05) is 0 Å². The van der Waals surface area contributed by atoms with Gasteiger partial charge >= 0.3 is 0 Å². The molecule has 2 aliphatic rings. The van der Waals surface area contributed by atoms with Crippen molar-refractivity contribution in [1.82, 2.24) is 34.6 Å². The Bertz CT molecular complexity index is 1070. The molecule has 0 saturated carbocycles. The highest BCUT2D eigenvalue weighted by atomic mass is 16.5. The van der Waals surface area contributed by atoms with E-state index in [0.717, 1.165) is 36.9 Å². The van der Waals surface area contributed by atoms with Gasteiger partial charge in [-0.25, -0.2) is 19.6 Å². The lowest BCUT2D eigenvalue weighted by Crippen LogP contribution is -2.38. The summed E-state index contributed by atoms with van der Waals surface area (Å²) >= 11 is 0. The molecule has 11 nitrogen and oxygen atoms in total. The number of piperidine rings is 1. The van der Waals surface area contributed by atoms with E-state index in [4.69, 9.17) is 20.4 Å². The number of nitrogens with two attached hydrogens (primary N) is 1. The second-order valence-corrected chi connectivity index (χ2v) is 7.78. The molecule has 0 aliphatic carbocycles. The Morgan fingerprint density at radius 3 is 2.48 bits per heavy atom. The Hall–Kier alpha value is -3.34. The zero-order valence-electron chi connectivity index (χ0n) is 17.3. The van der Waals surface area contributed by atoms with Crippen molar-refractivity contribution in [2.75, 3.05) is 50.0 Å². The number of fused-ring (bicyclic) bond motifs is 1. The van der Waals surface area contributed by atoms with E-state index in [-0.39, 0.29) is 18.4 Å². The fourth-order valence-electron chi connectivity index (χ4n) is 4.02. The van der Waals surface area contributed by atoms with Crippen molar-refractivity contribution in [3.05, 3.63) is 18.6 Å². The maximum absolute atomic E-state index is 12.8. The normalized spacial score (nSPS) is 17.3. The summed E-state index contributed by atoms with van der Waals surface area (Å²) < 4.78 is 7.13. The quantitative estimate of drug-likeness (QED) is 0.645. The van der Waals surface area contributed by atoms with Crippen molar-refractivity contribution < 1.29 is 9.53 Å². The van der Waals surface area contributed by atoms with Crippen LogP contribution in [0.4, 0.5) is 11.9 Å². The minimum absolute atomic E-state index is 0.0635. The third kappa shape index (κ3) is 4.00. The smallest absolute Gasteiger partial charge is 0.244 e. The van der Waals surface area contributed by atoms with Crippen LogP contribution in [0.25, 0.3) is 22.3 Å². The first-order chi connectivity index (χ1) is 15.2. The summed E-state index contributed by atoms with van der Waals surface area (Å²) in [5, 5.41) is 5.23. The second kappa shape index (κ2) is 8.42. The van der Waals surface area contributed by atoms with Crippen molar-refractivity contribution in [2.45, 2.75) is 25.8 Å². The van der Waals surface area contributed by atoms with Crippen molar-refractivity contribution in [1.29, 1.82) is 0 Å². The molecule has 0 unspecified atom stereocenters. The van der Waals surface area contributed by atoms with Crippen LogP contribution >= 0.6 is 0 Å². The summed E-state index contributed by atoms with van der Waals surface area (Å²) in [5.41, 5.74) is 7.67. The summed E-state index contributed by atoms with van der Waals surface area (Å²) in [6, 6.07) is 0. The van der Waals surface area contributed by atoms with E-state index in [2.05, 4.69) is 20.0 Å². The Balaban J connectivity index is 1.55. The molecule has 3 aromatic heterocycles. The molecule has 11 heteroatoms. The highest BCUT2D eigenvalue weighted by Crippen LogP contribution is 2.28. The van der Waals surface area contributed by atoms with Crippen LogP contribution in [-0.2, 0) is 16.1 Å². The standard InChI is InChI=1S/C20H25N9O2/c21-19-22-10-14(11-23-19)17-15-12-24-29(13-16(30)27-4-2-1-3-5-27)18(15)26-20(25-17)28-6-8-31-9-7-28/h10-12H,1-9,13H2,(H2,21,22,23). The molecule has 2 saturated heterocycles. The Kier molecular flexibility index (Phi) is 5.33. The third-order valence-electron chi connectivity index (χ3n) is 5.72. The lowest BCUT2D eigenvalue weighted by molar-refractivity contribution is -0.132. The number of aromatic nitrogens is 6. The number of carbonyl (C=O) groups excluding carboxylic acids is 1. The van der Waals surface area contributed by atoms with Crippen molar-refractivity contribution in [3.63, 3.8) is 0 Å². The molecule has 0 aromatic carbocycles. The number of anilines is 2. The van der Waals surface area contributed by atoms with Crippen LogP contribution in [0.5, 0.6) is 0 Å². The van der Waals surface area contributed by atoms with E-state index in [1.807, 2.05) is 4.90 Å². The summed E-state index contributed by atoms with van der Waals surface area (Å²) in [5.74, 6) is 0.841. The van der Waals surface area contributed by atoms with Crippen LogP contribution in [-0.4, -0.2) is 79.9 Å². The zero-order chi connectivity index (χ0) is 21.2. The molecule has 2 fully saturated rings. The lowest BCUT2D eigenvalue weighted by atomic mass is 10.1. The van der Waals surface area contributed by atoms with Crippen LogP contribution < -0.4 is 10.6 Å². The average molecular weight is 423 g/mol. The van der Waals surface area contributed by atoms with E-state index in [1.165, 1.54) is 6.42 Å². The van der Waals surface area contributed by atoms with E-state index in [1.54, 1.807) is 23.3 Å². The van der Waals surface area contributed by atoms with Gasteiger partial charge in [-0.15, -0.1) is 0 Å². The van der Waals surface area contributed by atoms with Gasteiger partial charge in [-0.3, -0.25) is 4.79 Å². The molecule has 31 heavy (non-hydrogen) atoms. The van der Waals surface area contributed by atoms with E-state index < -0.39 is 0 Å². The monoisotopic (exact) mass is 423 g/mol. The number of carbonyl (C=O) groups is 1. The maximum Gasteiger partial charge on any atom is 0.244 e. The van der Waals surface area contributed by atoms with Crippen LogP contribution in [0, 0.1) is 0 Å². The van der Waals surface area contributed by atoms with Gasteiger partial charge in [-0.2, -0.15) is 10.1 Å². The van der Waals surface area contributed by atoms with Crippen LogP contribution in [0.2, 0.25) is 0 Å². The average Bonchev–Trinajstić information content (AvgIpc) is 3.23. The largest absolute Gasteiger partial charge is 0.378 e. The number of nitrogens with zero attached hydrogens (tertiary/aromatic N) is 8. The number of morpholine rings is 1. The van der Waals surface area contributed by atoms with E-state index >= 15 is 0 Å². The molecular weight excluding hydrogens is 398 g/mol. The minimum Gasteiger partial charge on any atom is -0.378 e. The Morgan fingerprint density at radius 1 is 1.00 bits per heavy atom. The molecule has 2 N–H and O–H groups in total. The first kappa shape index (κ1) is 19.6. The predicted octanol–water partition coefficient (Wildman–Crippen LogP) is 0.715. The first-order valence-corrected chi connectivity index (χ1v) is 10.6. The van der Waals surface area contributed by atoms with Gasteiger partial charge in [0.25, 0.3) is 0 Å². The number of ether oxygens (including phenoxy) is 1. The third-order valence-corrected chi connectivity index (χ3v) is 5.72. The predicted molar refractivity (Wildman–Crippen MR) is 114 cm³/mol. The van der Waals surface area contributed by atoms with Crippen molar-refractivity contribution in [2.24, 2.45) is 0 Å². The van der Waals surface area contributed by atoms with Crippen molar-refractivity contribution >= 4 is 28.8 Å². The molecule has 0 bridgehead atoms. The zero-order valence-corrected chi connectivity index (χ0v) is 17.3. The van der Waals surface area contributed by atoms with Gasteiger partial charge in [0, 0.05) is 44.1 Å². The first-order valence-electron chi connectivity index (χ1n) is 10.6. The Morgan fingerprint density at radius 2 is 1.74 bits per heavy atom. The topological polar surface area (TPSA) is 128 Å². The van der Waals surface area contributed by atoms with E-state index in [9.17, 15) is 4.79 Å². The number of likely N-dealkylation sites (tertiary alicyclic amines) is 1. The van der Waals surface area contributed by atoms with Gasteiger partial charge in [0.05, 0.1) is 30.5 Å². The second-order valence-electron chi connectivity index (χ2n) is 7.78. The summed E-state index contributed by atoms with van der Waals surface area (Å²) in [4.78, 5) is 34.6. The number of rotatable bonds is 4. The van der Waals surface area contributed by atoms with Gasteiger partial charge in [-0.05, 0) is 19.3 Å². The highest BCUT2D eigenvalue weighted by Gasteiger charge is 2.22. The number of hydrogen-bond donors (Lipinski definition) is 1. The van der Waals surface area contributed by atoms with Crippen LogP contribution in [0.3, 0.4) is 0 Å². The van der Waals surface area contributed by atoms with Gasteiger partial charge < -0.3 is 20.3 Å². The van der Waals surface area contributed by atoms with E-state index in [0.29, 0.717) is 43.6 Å². The van der Waals surface area contributed by atoms with Gasteiger partial charge in [0.2, 0.25) is 17.8 Å². The molecule has 3 aromatic rings. The molecule has 0 spiro atoms. The fraction of sp³-hybridized carbons (Fsp3) is 0.500. The fourth-order valence-corrected chi connectivity index (χ4v) is 4.02. The number of amides is 1.